The zero-order valence-corrected chi connectivity index (χ0v) is 27.3. The Labute approximate surface area is 265 Å². The molecule has 2 atom stereocenters. The van der Waals surface area contributed by atoms with Gasteiger partial charge in [0, 0.05) is 32.4 Å². The Kier molecular flexibility index (Phi) is 27.3. The van der Waals surface area contributed by atoms with Crippen molar-refractivity contribution in [2.45, 2.75) is 167 Å². The number of nitrogens with two attached hydrogens (primary N) is 1. The smallest absolute Gasteiger partial charge is 0.326 e. The molecule has 0 unspecified atom stereocenters. The van der Waals surface area contributed by atoms with Crippen LogP contribution in [0, 0.1) is 0 Å². The third-order valence-corrected chi connectivity index (χ3v) is 7.77. The minimum absolute atomic E-state index is 0.00515. The fourth-order valence-corrected chi connectivity index (χ4v) is 4.94. The molecule has 7 N–H and O–H groups in total. The Morgan fingerprint density at radius 1 is 0.568 bits per heavy atom. The fraction of sp³-hybridized carbons (Fsp3) is 0.848. The third-order valence-electron chi connectivity index (χ3n) is 7.77. The van der Waals surface area contributed by atoms with Crippen molar-refractivity contribution >= 4 is 29.7 Å². The summed E-state index contributed by atoms with van der Waals surface area (Å²) in [6.07, 6.45) is 19.7. The molecule has 0 rings (SSSR count). The molecule has 0 heterocycles. The van der Waals surface area contributed by atoms with Gasteiger partial charge in [0.05, 0.1) is 6.04 Å². The quantitative estimate of drug-likeness (QED) is 0.0567. The lowest BCUT2D eigenvalue weighted by Crippen LogP contribution is -2.41. The lowest BCUT2D eigenvalue weighted by atomic mass is 10.0. The van der Waals surface area contributed by atoms with Crippen LogP contribution >= 0.6 is 0 Å². The molecule has 0 bridgehead atoms. The number of unbranched alkanes of at least 4 members (excludes halogenated alkanes) is 15. The summed E-state index contributed by atoms with van der Waals surface area (Å²) in [6, 6.07) is -1.65. The van der Waals surface area contributed by atoms with Gasteiger partial charge in [-0.25, -0.2) is 4.79 Å². The van der Waals surface area contributed by atoms with Crippen LogP contribution in [0.3, 0.4) is 0 Å². The van der Waals surface area contributed by atoms with E-state index in [1.807, 2.05) is 6.92 Å². The van der Waals surface area contributed by atoms with Crippen molar-refractivity contribution in [2.75, 3.05) is 13.1 Å². The summed E-state index contributed by atoms with van der Waals surface area (Å²) in [5.74, 6) is -2.57. The molecule has 256 valence electrons. The molecular formula is C33H62N4O7. The molecular weight excluding hydrogens is 564 g/mol. The van der Waals surface area contributed by atoms with Crippen LogP contribution in [0.15, 0.2) is 0 Å². The Balaban J connectivity index is 3.76. The van der Waals surface area contributed by atoms with Gasteiger partial charge in [0.1, 0.15) is 6.04 Å². The minimum Gasteiger partial charge on any atom is -0.481 e. The van der Waals surface area contributed by atoms with Crippen LogP contribution < -0.4 is 21.7 Å². The summed E-state index contributed by atoms with van der Waals surface area (Å²) in [5, 5.41) is 26.2. The van der Waals surface area contributed by atoms with Crippen molar-refractivity contribution in [2.24, 2.45) is 5.73 Å². The van der Waals surface area contributed by atoms with E-state index in [1.165, 1.54) is 44.9 Å². The largest absolute Gasteiger partial charge is 0.481 e. The standard InChI is InChI=1S/C33H62N4O7/c1-2-3-25-36-32(42)27(34)20-18-19-26-35-29(38)24-23-28(33(43)44)37-30(39)21-16-14-12-10-8-6-4-5-7-9-11-13-15-17-22-31(40)41/h27-28H,2-26,34H2,1H3,(H,35,38)(H,36,42)(H,37,39)(H,40,41)(H,43,44)/t27-,28-/m0/s1. The highest BCUT2D eigenvalue weighted by Crippen LogP contribution is 2.14. The van der Waals surface area contributed by atoms with Crippen LogP contribution in [0.1, 0.15) is 155 Å². The average Bonchev–Trinajstić information content (AvgIpc) is 2.98. The van der Waals surface area contributed by atoms with Gasteiger partial charge in [-0.15, -0.1) is 0 Å². The van der Waals surface area contributed by atoms with Crippen molar-refractivity contribution in [1.82, 2.24) is 16.0 Å². The van der Waals surface area contributed by atoms with Crippen molar-refractivity contribution in [3.8, 4) is 0 Å². The van der Waals surface area contributed by atoms with Gasteiger partial charge < -0.3 is 31.9 Å². The first-order valence-corrected chi connectivity index (χ1v) is 17.2. The number of aliphatic carboxylic acids is 2. The highest BCUT2D eigenvalue weighted by Gasteiger charge is 2.21. The molecule has 0 aliphatic heterocycles. The van der Waals surface area contributed by atoms with Gasteiger partial charge in [-0.1, -0.05) is 90.4 Å². The molecule has 0 aromatic heterocycles. The summed E-state index contributed by atoms with van der Waals surface area (Å²) in [4.78, 5) is 58.3. The number of amides is 3. The Hall–Kier alpha value is -2.69. The molecule has 11 heteroatoms. The van der Waals surface area contributed by atoms with Gasteiger partial charge in [0.15, 0.2) is 0 Å². The lowest BCUT2D eigenvalue weighted by Gasteiger charge is -2.15. The maximum absolute atomic E-state index is 12.2. The van der Waals surface area contributed by atoms with E-state index in [-0.39, 0.29) is 43.4 Å². The molecule has 11 nitrogen and oxygen atoms in total. The molecule has 3 amide bonds. The monoisotopic (exact) mass is 626 g/mol. The Morgan fingerprint density at radius 3 is 1.57 bits per heavy atom. The minimum atomic E-state index is -1.15. The molecule has 0 aliphatic carbocycles. The molecule has 0 saturated heterocycles. The second-order valence-electron chi connectivity index (χ2n) is 11.9. The van der Waals surface area contributed by atoms with E-state index in [1.54, 1.807) is 0 Å². The molecule has 0 radical (unpaired) electrons. The van der Waals surface area contributed by atoms with Crippen molar-refractivity contribution in [1.29, 1.82) is 0 Å². The number of hydrogen-bond acceptors (Lipinski definition) is 6. The van der Waals surface area contributed by atoms with Crippen molar-refractivity contribution in [3.05, 3.63) is 0 Å². The Morgan fingerprint density at radius 2 is 1.07 bits per heavy atom. The summed E-state index contributed by atoms with van der Waals surface area (Å²) in [6.45, 7) is 3.10. The SMILES string of the molecule is CCCCNC(=O)[C@@H](N)CCCCNC(=O)CC[C@H](NC(=O)CCCCCCCCCCCCCCCCC(=O)O)C(=O)O. The number of carboxylic acids is 2. The van der Waals surface area contributed by atoms with Crippen LogP contribution in [0.25, 0.3) is 0 Å². The van der Waals surface area contributed by atoms with Crippen LogP contribution in [0.2, 0.25) is 0 Å². The lowest BCUT2D eigenvalue weighted by molar-refractivity contribution is -0.142. The average molecular weight is 627 g/mol. The second-order valence-corrected chi connectivity index (χ2v) is 11.9. The third kappa shape index (κ3) is 26.9. The number of hydrogen-bond donors (Lipinski definition) is 6. The number of carbonyl (C=O) groups is 5. The van der Waals surface area contributed by atoms with Crippen LogP contribution in [-0.2, 0) is 24.0 Å². The summed E-state index contributed by atoms with van der Waals surface area (Å²) in [7, 11) is 0. The topological polar surface area (TPSA) is 188 Å². The van der Waals surface area contributed by atoms with E-state index >= 15 is 0 Å². The number of carboxylic acid groups (broad SMARTS) is 2. The Bertz CT molecular complexity index is 794. The number of carbonyl (C=O) groups excluding carboxylic acids is 3. The fourth-order valence-electron chi connectivity index (χ4n) is 4.94. The molecule has 0 spiro atoms. The summed E-state index contributed by atoms with van der Waals surface area (Å²) >= 11 is 0. The predicted molar refractivity (Wildman–Crippen MR) is 173 cm³/mol. The van der Waals surface area contributed by atoms with E-state index in [0.29, 0.717) is 32.4 Å². The maximum atomic E-state index is 12.2. The highest BCUT2D eigenvalue weighted by atomic mass is 16.4. The van der Waals surface area contributed by atoms with E-state index in [4.69, 9.17) is 10.8 Å². The van der Waals surface area contributed by atoms with E-state index < -0.39 is 24.0 Å². The first-order valence-electron chi connectivity index (χ1n) is 17.2. The molecule has 0 aromatic carbocycles. The van der Waals surface area contributed by atoms with Gasteiger partial charge >= 0.3 is 11.9 Å². The van der Waals surface area contributed by atoms with Gasteiger partial charge in [-0.2, -0.15) is 0 Å². The molecule has 0 aromatic rings. The summed E-state index contributed by atoms with van der Waals surface area (Å²) < 4.78 is 0. The van der Waals surface area contributed by atoms with Crippen LogP contribution in [0.4, 0.5) is 0 Å². The van der Waals surface area contributed by atoms with Gasteiger partial charge in [-0.3, -0.25) is 19.2 Å². The van der Waals surface area contributed by atoms with Crippen LogP contribution in [0.5, 0.6) is 0 Å². The van der Waals surface area contributed by atoms with E-state index in [2.05, 4.69) is 16.0 Å². The zero-order chi connectivity index (χ0) is 32.8. The van der Waals surface area contributed by atoms with E-state index in [9.17, 15) is 29.1 Å². The van der Waals surface area contributed by atoms with Crippen molar-refractivity contribution < 1.29 is 34.2 Å². The first kappa shape index (κ1) is 41.3. The molecule has 0 aliphatic rings. The van der Waals surface area contributed by atoms with E-state index in [0.717, 1.165) is 57.8 Å². The van der Waals surface area contributed by atoms with Gasteiger partial charge in [0.2, 0.25) is 17.7 Å². The summed E-state index contributed by atoms with van der Waals surface area (Å²) in [5.41, 5.74) is 5.89. The van der Waals surface area contributed by atoms with Crippen LogP contribution in [-0.4, -0.2) is 65.0 Å². The highest BCUT2D eigenvalue weighted by molar-refractivity contribution is 5.84. The number of nitrogens with one attached hydrogen (secondary N) is 3. The van der Waals surface area contributed by atoms with Gasteiger partial charge in [-0.05, 0) is 44.9 Å². The molecule has 0 saturated carbocycles. The first-order chi connectivity index (χ1) is 21.2. The van der Waals surface area contributed by atoms with Gasteiger partial charge in [0.25, 0.3) is 0 Å². The zero-order valence-electron chi connectivity index (χ0n) is 27.3. The molecule has 44 heavy (non-hydrogen) atoms. The predicted octanol–water partition coefficient (Wildman–Crippen LogP) is 5.19. The second kappa shape index (κ2) is 29.0. The van der Waals surface area contributed by atoms with Crippen molar-refractivity contribution in [3.63, 3.8) is 0 Å². The maximum Gasteiger partial charge on any atom is 0.326 e. The normalized spacial score (nSPS) is 12.3. The number of rotatable bonds is 31. The molecule has 0 fully saturated rings.